The van der Waals surface area contributed by atoms with Crippen LogP contribution in [-0.2, 0) is 9.47 Å². The predicted molar refractivity (Wildman–Crippen MR) is 98.6 cm³/mol. The number of hydrogen-bond acceptors (Lipinski definition) is 6. The van der Waals surface area contributed by atoms with E-state index in [2.05, 4.69) is 15.5 Å². The fourth-order valence-corrected chi connectivity index (χ4v) is 1.91. The number of nitrogens with one attached hydrogen (secondary N) is 2. The summed E-state index contributed by atoms with van der Waals surface area (Å²) < 4.78 is 10.4. The van der Waals surface area contributed by atoms with Gasteiger partial charge in [0.2, 0.25) is 0 Å². The summed E-state index contributed by atoms with van der Waals surface area (Å²) in [5.74, 6) is 0. The number of amides is 2. The van der Waals surface area contributed by atoms with Crippen molar-refractivity contribution in [3.8, 4) is 0 Å². The summed E-state index contributed by atoms with van der Waals surface area (Å²) in [5, 5.41) is 5.46. The van der Waals surface area contributed by atoms with Crippen molar-refractivity contribution in [2.24, 2.45) is 5.73 Å². The number of carbonyl (C=O) groups excluding carboxylic acids is 2. The first-order valence-electron chi connectivity index (χ1n) is 8.79. The summed E-state index contributed by atoms with van der Waals surface area (Å²) in [4.78, 5) is 25.4. The molecule has 0 atom stereocenters. The van der Waals surface area contributed by atoms with Gasteiger partial charge >= 0.3 is 12.2 Å². The van der Waals surface area contributed by atoms with E-state index in [1.165, 1.54) is 0 Å². The summed E-state index contributed by atoms with van der Waals surface area (Å²) in [5.41, 5.74) is 4.54. The molecule has 0 fully saturated rings. The van der Waals surface area contributed by atoms with Gasteiger partial charge in [-0.3, -0.25) is 4.90 Å². The standard InChI is InChI=1S/C17H36N4O4/c1-16(2,3)24-14(22)19-9-12-21(11-7-8-18)13-10-20-15(23)25-17(4,5)6/h7-13,18H2,1-6H3,(H,19,22)(H,20,23). The average molecular weight is 360 g/mol. The van der Waals surface area contributed by atoms with Crippen LogP contribution in [0.3, 0.4) is 0 Å². The maximum Gasteiger partial charge on any atom is 0.407 e. The number of nitrogens with two attached hydrogens (primary N) is 1. The molecule has 0 saturated heterocycles. The van der Waals surface area contributed by atoms with Crippen LogP contribution >= 0.6 is 0 Å². The fraction of sp³-hybridized carbons (Fsp3) is 0.882. The van der Waals surface area contributed by atoms with Crippen LogP contribution < -0.4 is 16.4 Å². The predicted octanol–water partition coefficient (Wildman–Crippen LogP) is 1.69. The lowest BCUT2D eigenvalue weighted by molar-refractivity contribution is 0.0520. The highest BCUT2D eigenvalue weighted by atomic mass is 16.6. The molecule has 0 aliphatic carbocycles. The molecule has 0 unspecified atom stereocenters. The van der Waals surface area contributed by atoms with Gasteiger partial charge in [-0.25, -0.2) is 9.59 Å². The van der Waals surface area contributed by atoms with Gasteiger partial charge in [-0.2, -0.15) is 0 Å². The lowest BCUT2D eigenvalue weighted by Crippen LogP contribution is -2.42. The van der Waals surface area contributed by atoms with Crippen molar-refractivity contribution in [2.45, 2.75) is 59.2 Å². The highest BCUT2D eigenvalue weighted by molar-refractivity contribution is 5.68. The molecule has 8 nitrogen and oxygen atoms in total. The molecule has 0 rings (SSSR count). The molecule has 0 bridgehead atoms. The van der Waals surface area contributed by atoms with E-state index in [-0.39, 0.29) is 0 Å². The summed E-state index contributed by atoms with van der Waals surface area (Å²) in [6, 6.07) is 0. The Hall–Kier alpha value is -1.54. The van der Waals surface area contributed by atoms with Crippen molar-refractivity contribution in [1.82, 2.24) is 15.5 Å². The molecule has 0 saturated carbocycles. The van der Waals surface area contributed by atoms with Gasteiger partial charge < -0.3 is 25.8 Å². The Morgan fingerprint density at radius 2 is 1.24 bits per heavy atom. The maximum absolute atomic E-state index is 11.6. The molecule has 2 amide bonds. The van der Waals surface area contributed by atoms with Crippen LogP contribution in [0.5, 0.6) is 0 Å². The van der Waals surface area contributed by atoms with Crippen molar-refractivity contribution >= 4 is 12.2 Å². The number of alkyl carbamates (subject to hydrolysis) is 2. The highest BCUT2D eigenvalue weighted by Crippen LogP contribution is 2.07. The van der Waals surface area contributed by atoms with Crippen molar-refractivity contribution in [3.05, 3.63) is 0 Å². The van der Waals surface area contributed by atoms with Crippen molar-refractivity contribution in [1.29, 1.82) is 0 Å². The summed E-state index contributed by atoms with van der Waals surface area (Å²) in [6.07, 6.45) is -0.0184. The van der Waals surface area contributed by atoms with E-state index in [9.17, 15) is 9.59 Å². The van der Waals surface area contributed by atoms with E-state index in [1.54, 1.807) is 0 Å². The molecular weight excluding hydrogens is 324 g/mol. The average Bonchev–Trinajstić information content (AvgIpc) is 2.40. The van der Waals surface area contributed by atoms with Crippen LogP contribution in [0.15, 0.2) is 0 Å². The number of nitrogens with zero attached hydrogens (tertiary/aromatic N) is 1. The molecule has 0 spiro atoms. The second kappa shape index (κ2) is 11.1. The van der Waals surface area contributed by atoms with E-state index >= 15 is 0 Å². The minimum Gasteiger partial charge on any atom is -0.444 e. The first-order chi connectivity index (χ1) is 11.4. The maximum atomic E-state index is 11.6. The normalized spacial score (nSPS) is 12.0. The Morgan fingerprint density at radius 1 is 0.840 bits per heavy atom. The third-order valence-electron chi connectivity index (χ3n) is 2.87. The van der Waals surface area contributed by atoms with E-state index in [0.29, 0.717) is 32.7 Å². The van der Waals surface area contributed by atoms with E-state index in [4.69, 9.17) is 15.2 Å². The van der Waals surface area contributed by atoms with Gasteiger partial charge in [0.05, 0.1) is 0 Å². The third-order valence-corrected chi connectivity index (χ3v) is 2.87. The Labute approximate surface area is 151 Å². The number of rotatable bonds is 9. The quantitative estimate of drug-likeness (QED) is 0.578. The van der Waals surface area contributed by atoms with Crippen LogP contribution in [0.2, 0.25) is 0 Å². The third kappa shape index (κ3) is 15.7. The van der Waals surface area contributed by atoms with Gasteiger partial charge in [0.15, 0.2) is 0 Å². The van der Waals surface area contributed by atoms with Crippen LogP contribution in [0, 0.1) is 0 Å². The topological polar surface area (TPSA) is 106 Å². The zero-order chi connectivity index (χ0) is 19.5. The van der Waals surface area contributed by atoms with Crippen LogP contribution in [0.25, 0.3) is 0 Å². The fourth-order valence-electron chi connectivity index (χ4n) is 1.91. The molecular formula is C17H36N4O4. The lowest BCUT2D eigenvalue weighted by Gasteiger charge is -2.24. The van der Waals surface area contributed by atoms with Gasteiger partial charge in [0, 0.05) is 26.2 Å². The van der Waals surface area contributed by atoms with Crippen molar-refractivity contribution < 1.29 is 19.1 Å². The second-order valence-corrected chi connectivity index (χ2v) is 7.84. The molecule has 25 heavy (non-hydrogen) atoms. The van der Waals surface area contributed by atoms with Crippen LogP contribution in [0.1, 0.15) is 48.0 Å². The van der Waals surface area contributed by atoms with Gasteiger partial charge in [-0.05, 0) is 61.1 Å². The molecule has 0 aromatic carbocycles. The molecule has 0 aliphatic rings. The molecule has 148 valence electrons. The monoisotopic (exact) mass is 360 g/mol. The Bertz CT molecular complexity index is 368. The smallest absolute Gasteiger partial charge is 0.407 e. The molecule has 8 heteroatoms. The molecule has 4 N–H and O–H groups in total. The van der Waals surface area contributed by atoms with Crippen LogP contribution in [0.4, 0.5) is 9.59 Å². The number of carbonyl (C=O) groups is 2. The van der Waals surface area contributed by atoms with Gasteiger partial charge in [-0.15, -0.1) is 0 Å². The number of ether oxygens (including phenoxy) is 2. The number of hydrogen-bond donors (Lipinski definition) is 3. The minimum absolute atomic E-state index is 0.432. The SMILES string of the molecule is CC(C)(C)OC(=O)NCCN(CCCN)CCNC(=O)OC(C)(C)C. The van der Waals surface area contributed by atoms with E-state index < -0.39 is 23.4 Å². The van der Waals surface area contributed by atoms with E-state index in [0.717, 1.165) is 13.0 Å². The Morgan fingerprint density at radius 3 is 1.56 bits per heavy atom. The highest BCUT2D eigenvalue weighted by Gasteiger charge is 2.17. The Kier molecular flexibility index (Phi) is 10.5. The zero-order valence-corrected chi connectivity index (χ0v) is 16.6. The van der Waals surface area contributed by atoms with Crippen LogP contribution in [-0.4, -0.2) is 67.6 Å². The van der Waals surface area contributed by atoms with Gasteiger partial charge in [0.25, 0.3) is 0 Å². The minimum atomic E-state index is -0.513. The molecule has 0 radical (unpaired) electrons. The summed E-state index contributed by atoms with van der Waals surface area (Å²) in [6.45, 7) is 14.5. The summed E-state index contributed by atoms with van der Waals surface area (Å²) >= 11 is 0. The van der Waals surface area contributed by atoms with Gasteiger partial charge in [-0.1, -0.05) is 0 Å². The molecule has 0 aromatic rings. The molecule has 0 heterocycles. The van der Waals surface area contributed by atoms with Gasteiger partial charge in [0.1, 0.15) is 11.2 Å². The molecule has 0 aliphatic heterocycles. The summed E-state index contributed by atoms with van der Waals surface area (Å²) in [7, 11) is 0. The van der Waals surface area contributed by atoms with Crippen molar-refractivity contribution in [2.75, 3.05) is 39.3 Å². The first-order valence-corrected chi connectivity index (χ1v) is 8.79. The largest absolute Gasteiger partial charge is 0.444 e. The van der Waals surface area contributed by atoms with E-state index in [1.807, 2.05) is 41.5 Å². The second-order valence-electron chi connectivity index (χ2n) is 7.84. The lowest BCUT2D eigenvalue weighted by atomic mass is 10.2. The Balaban J connectivity index is 4.15. The zero-order valence-electron chi connectivity index (χ0n) is 16.6. The molecule has 0 aromatic heterocycles. The van der Waals surface area contributed by atoms with Crippen molar-refractivity contribution in [3.63, 3.8) is 0 Å². The first kappa shape index (κ1) is 23.5.